The van der Waals surface area contributed by atoms with Gasteiger partial charge in [0, 0.05) is 10.0 Å². The molecule has 1 aromatic heterocycles. The van der Waals surface area contributed by atoms with Gasteiger partial charge in [0.05, 0.1) is 16.7 Å². The highest BCUT2D eigenvalue weighted by Gasteiger charge is 2.11. The lowest BCUT2D eigenvalue weighted by Gasteiger charge is -2.09. The van der Waals surface area contributed by atoms with Gasteiger partial charge in [0.1, 0.15) is 5.82 Å². The number of nitrogens with zero attached hydrogens (tertiary/aromatic N) is 1. The van der Waals surface area contributed by atoms with Crippen LogP contribution in [0.4, 0.5) is 4.39 Å². The summed E-state index contributed by atoms with van der Waals surface area (Å²) >= 11 is 8.80. The van der Waals surface area contributed by atoms with Crippen molar-refractivity contribution in [3.8, 4) is 5.69 Å². The molecule has 3 aromatic rings. The Hall–Kier alpha value is -1.46. The maximum absolute atomic E-state index is 13.7. The molecule has 0 atom stereocenters. The summed E-state index contributed by atoms with van der Waals surface area (Å²) in [6, 6.07) is 10.9. The van der Waals surface area contributed by atoms with E-state index in [1.807, 2.05) is 28.8 Å². The monoisotopic (exact) mass is 336 g/mol. The van der Waals surface area contributed by atoms with Crippen LogP contribution in [0, 0.1) is 17.5 Å². The number of nitrogens with one attached hydrogen (secondary N) is 1. The van der Waals surface area contributed by atoms with E-state index in [9.17, 15) is 4.39 Å². The molecule has 0 bridgehead atoms. The van der Waals surface area contributed by atoms with Crippen molar-refractivity contribution in [2.45, 2.75) is 6.92 Å². The summed E-state index contributed by atoms with van der Waals surface area (Å²) < 4.78 is 17.1. The lowest BCUT2D eigenvalue weighted by Crippen LogP contribution is -1.98. The van der Waals surface area contributed by atoms with Crippen molar-refractivity contribution in [2.24, 2.45) is 0 Å². The Bertz CT molecular complexity index is 835. The smallest absolute Gasteiger partial charge is 0.182 e. The SMILES string of the molecule is Cc1c(F)cccc1-n1c(=S)[nH]c2ccc(Br)cc21. The van der Waals surface area contributed by atoms with Gasteiger partial charge in [-0.3, -0.25) is 4.57 Å². The summed E-state index contributed by atoms with van der Waals surface area (Å²) in [5, 5.41) is 0. The Labute approximate surface area is 123 Å². The maximum atomic E-state index is 13.7. The van der Waals surface area contributed by atoms with Crippen LogP contribution in [-0.4, -0.2) is 9.55 Å². The molecule has 0 aliphatic heterocycles. The van der Waals surface area contributed by atoms with Gasteiger partial charge in [0.2, 0.25) is 0 Å². The van der Waals surface area contributed by atoms with E-state index in [-0.39, 0.29) is 5.82 Å². The van der Waals surface area contributed by atoms with E-state index >= 15 is 0 Å². The fraction of sp³-hybridized carbons (Fsp3) is 0.0714. The highest BCUT2D eigenvalue weighted by atomic mass is 79.9. The molecule has 1 heterocycles. The summed E-state index contributed by atoms with van der Waals surface area (Å²) in [6.07, 6.45) is 0. The molecule has 0 unspecified atom stereocenters. The van der Waals surface area contributed by atoms with E-state index in [2.05, 4.69) is 20.9 Å². The molecule has 5 heteroatoms. The molecule has 0 spiro atoms. The minimum Gasteiger partial charge on any atom is -0.330 e. The maximum Gasteiger partial charge on any atom is 0.182 e. The number of rotatable bonds is 1. The quantitative estimate of drug-likeness (QED) is 0.627. The van der Waals surface area contributed by atoms with Crippen LogP contribution in [0.2, 0.25) is 0 Å². The third kappa shape index (κ3) is 2.03. The normalized spacial score (nSPS) is 11.1. The Kier molecular flexibility index (Phi) is 3.03. The summed E-state index contributed by atoms with van der Waals surface area (Å²) in [4.78, 5) is 3.13. The van der Waals surface area contributed by atoms with Gasteiger partial charge in [0.25, 0.3) is 0 Å². The van der Waals surface area contributed by atoms with Crippen molar-refractivity contribution in [3.63, 3.8) is 0 Å². The number of imidazole rings is 1. The molecule has 3 rings (SSSR count). The van der Waals surface area contributed by atoms with E-state index in [4.69, 9.17) is 12.2 Å². The van der Waals surface area contributed by atoms with Crippen LogP contribution in [0.5, 0.6) is 0 Å². The molecule has 1 N–H and O–H groups in total. The number of benzene rings is 2. The molecule has 0 aliphatic carbocycles. The Balaban J connectivity index is 2.42. The topological polar surface area (TPSA) is 20.7 Å². The highest BCUT2D eigenvalue weighted by Crippen LogP contribution is 2.25. The number of H-pyrrole nitrogens is 1. The largest absolute Gasteiger partial charge is 0.330 e. The van der Waals surface area contributed by atoms with Crippen LogP contribution in [0.15, 0.2) is 40.9 Å². The van der Waals surface area contributed by atoms with Crippen molar-refractivity contribution in [1.29, 1.82) is 0 Å². The summed E-state index contributed by atoms with van der Waals surface area (Å²) in [5.41, 5.74) is 3.19. The van der Waals surface area contributed by atoms with Gasteiger partial charge >= 0.3 is 0 Å². The first-order valence-corrected chi connectivity index (χ1v) is 6.94. The number of aromatic nitrogens is 2. The molecule has 0 saturated carbocycles. The van der Waals surface area contributed by atoms with Gasteiger partial charge < -0.3 is 4.98 Å². The molecule has 96 valence electrons. The number of fused-ring (bicyclic) bond motifs is 1. The van der Waals surface area contributed by atoms with Gasteiger partial charge in [-0.15, -0.1) is 0 Å². The van der Waals surface area contributed by atoms with Crippen LogP contribution in [-0.2, 0) is 0 Å². The highest BCUT2D eigenvalue weighted by molar-refractivity contribution is 9.10. The second-order valence-corrected chi connectivity index (χ2v) is 5.61. The molecular weight excluding hydrogens is 327 g/mol. The Morgan fingerprint density at radius 1 is 1.26 bits per heavy atom. The van der Waals surface area contributed by atoms with Crippen LogP contribution in [0.3, 0.4) is 0 Å². The fourth-order valence-corrected chi connectivity index (χ4v) is 2.81. The van der Waals surface area contributed by atoms with Gasteiger partial charge in [-0.2, -0.15) is 0 Å². The number of halogens is 2. The van der Waals surface area contributed by atoms with Crippen LogP contribution < -0.4 is 0 Å². The average molecular weight is 337 g/mol. The van der Waals surface area contributed by atoms with Crippen molar-refractivity contribution < 1.29 is 4.39 Å². The van der Waals surface area contributed by atoms with Gasteiger partial charge in [-0.1, -0.05) is 22.0 Å². The van der Waals surface area contributed by atoms with E-state index in [1.54, 1.807) is 13.0 Å². The molecular formula is C14H10BrFN2S. The number of hydrogen-bond acceptors (Lipinski definition) is 1. The number of hydrogen-bond donors (Lipinski definition) is 1. The molecule has 2 aromatic carbocycles. The second-order valence-electron chi connectivity index (χ2n) is 4.31. The first-order chi connectivity index (χ1) is 9.08. The summed E-state index contributed by atoms with van der Waals surface area (Å²) in [6.45, 7) is 1.75. The van der Waals surface area contributed by atoms with Gasteiger partial charge in [0.15, 0.2) is 4.77 Å². The first kappa shape index (κ1) is 12.6. The van der Waals surface area contributed by atoms with E-state index in [0.29, 0.717) is 10.3 Å². The predicted octanol–water partition coefficient (Wildman–Crippen LogP) is 4.90. The van der Waals surface area contributed by atoms with Crippen LogP contribution in [0.25, 0.3) is 16.7 Å². The lowest BCUT2D eigenvalue weighted by atomic mass is 10.2. The van der Waals surface area contributed by atoms with Gasteiger partial charge in [-0.05, 0) is 49.5 Å². The Morgan fingerprint density at radius 2 is 2.05 bits per heavy atom. The lowest BCUT2D eigenvalue weighted by molar-refractivity contribution is 0.617. The zero-order chi connectivity index (χ0) is 13.6. The average Bonchev–Trinajstić information content (AvgIpc) is 2.69. The molecule has 0 saturated heterocycles. The molecule has 0 radical (unpaired) electrons. The van der Waals surface area contributed by atoms with Gasteiger partial charge in [-0.25, -0.2) is 4.39 Å². The van der Waals surface area contributed by atoms with Crippen LogP contribution >= 0.6 is 28.1 Å². The van der Waals surface area contributed by atoms with Crippen molar-refractivity contribution >= 4 is 39.2 Å². The summed E-state index contributed by atoms with van der Waals surface area (Å²) in [5.74, 6) is -0.233. The summed E-state index contributed by atoms with van der Waals surface area (Å²) in [7, 11) is 0. The molecule has 0 amide bonds. The van der Waals surface area contributed by atoms with Crippen molar-refractivity contribution in [2.75, 3.05) is 0 Å². The molecule has 0 fully saturated rings. The minimum atomic E-state index is -0.233. The standard InChI is InChI=1S/C14H10BrFN2S/c1-8-10(16)3-2-4-12(8)18-13-7-9(15)5-6-11(13)17-14(18)19/h2-7H,1H3,(H,17,19). The molecule has 19 heavy (non-hydrogen) atoms. The van der Waals surface area contributed by atoms with Crippen LogP contribution in [0.1, 0.15) is 5.56 Å². The zero-order valence-electron chi connectivity index (χ0n) is 10.1. The van der Waals surface area contributed by atoms with E-state index < -0.39 is 0 Å². The van der Waals surface area contributed by atoms with Crippen molar-refractivity contribution in [1.82, 2.24) is 9.55 Å². The zero-order valence-corrected chi connectivity index (χ0v) is 12.5. The second kappa shape index (κ2) is 4.58. The fourth-order valence-electron chi connectivity index (χ4n) is 2.15. The minimum absolute atomic E-state index is 0.233. The van der Waals surface area contributed by atoms with Crippen molar-refractivity contribution in [3.05, 3.63) is 57.0 Å². The van der Waals surface area contributed by atoms with E-state index in [0.717, 1.165) is 21.2 Å². The third-order valence-electron chi connectivity index (χ3n) is 3.13. The van der Waals surface area contributed by atoms with E-state index in [1.165, 1.54) is 6.07 Å². The number of aromatic amines is 1. The predicted molar refractivity (Wildman–Crippen MR) is 80.9 cm³/mol. The molecule has 2 nitrogen and oxygen atoms in total. The third-order valence-corrected chi connectivity index (χ3v) is 3.90. The first-order valence-electron chi connectivity index (χ1n) is 5.73. The molecule has 0 aliphatic rings. The Morgan fingerprint density at radius 3 is 2.84 bits per heavy atom.